The highest BCUT2D eigenvalue weighted by molar-refractivity contribution is 7.72. The molecule has 90 valence electrons. The van der Waals surface area contributed by atoms with Crippen LogP contribution in [0.5, 0.6) is 0 Å². The molecule has 6 heteroatoms. The summed E-state index contributed by atoms with van der Waals surface area (Å²) in [6, 6.07) is 7.48. The maximum Gasteiger partial charge on any atom is 0.201 e. The zero-order valence-electron chi connectivity index (χ0n) is 9.55. The van der Waals surface area contributed by atoms with E-state index in [1.54, 1.807) is 0 Å². The lowest BCUT2D eigenvalue weighted by molar-refractivity contribution is 0.524. The van der Waals surface area contributed by atoms with Gasteiger partial charge in [-0.25, -0.2) is 0 Å². The number of rotatable bonds is 2. The van der Waals surface area contributed by atoms with E-state index >= 15 is 0 Å². The highest BCUT2D eigenvalue weighted by Gasteiger charge is 2.07. The van der Waals surface area contributed by atoms with Crippen LogP contribution < -0.4 is 0 Å². The van der Waals surface area contributed by atoms with Gasteiger partial charge in [0, 0.05) is 18.6 Å². The Kier molecular flexibility index (Phi) is 3.51. The van der Waals surface area contributed by atoms with E-state index in [2.05, 4.69) is 0 Å². The van der Waals surface area contributed by atoms with Gasteiger partial charge in [0.15, 0.2) is 0 Å². The van der Waals surface area contributed by atoms with Crippen molar-refractivity contribution in [2.45, 2.75) is 13.5 Å². The number of nitrogens with zero attached hydrogens (tertiary/aromatic N) is 3. The highest BCUT2D eigenvalue weighted by Crippen LogP contribution is 2.15. The average Bonchev–Trinajstić information content (AvgIpc) is 2.52. The van der Waals surface area contributed by atoms with E-state index in [1.165, 1.54) is 0 Å². The van der Waals surface area contributed by atoms with Crippen LogP contribution in [-0.4, -0.2) is 13.9 Å². The van der Waals surface area contributed by atoms with Crippen LogP contribution in [0.2, 0.25) is 5.02 Å². The van der Waals surface area contributed by atoms with Gasteiger partial charge in [0.25, 0.3) is 0 Å². The van der Waals surface area contributed by atoms with Crippen LogP contribution in [0.3, 0.4) is 0 Å². The van der Waals surface area contributed by atoms with Gasteiger partial charge >= 0.3 is 0 Å². The molecule has 1 heterocycles. The summed E-state index contributed by atoms with van der Waals surface area (Å²) in [4.78, 5) is 0. The third kappa shape index (κ3) is 2.10. The largest absolute Gasteiger partial charge is 0.261 e. The molecule has 2 aromatic rings. The first-order chi connectivity index (χ1) is 8.06. The average molecular weight is 286 g/mol. The topological polar surface area (TPSA) is 14.8 Å². The van der Waals surface area contributed by atoms with E-state index in [0.29, 0.717) is 14.6 Å². The molecular formula is C11H12ClN3S2. The van der Waals surface area contributed by atoms with Crippen LogP contribution in [0.4, 0.5) is 0 Å². The van der Waals surface area contributed by atoms with Crippen molar-refractivity contribution in [1.29, 1.82) is 0 Å². The first kappa shape index (κ1) is 12.5. The second kappa shape index (κ2) is 4.76. The zero-order chi connectivity index (χ0) is 12.6. The van der Waals surface area contributed by atoms with Crippen molar-refractivity contribution in [3.63, 3.8) is 0 Å². The maximum atomic E-state index is 5.87. The van der Waals surface area contributed by atoms with E-state index in [0.717, 1.165) is 12.2 Å². The molecule has 0 aliphatic heterocycles. The lowest BCUT2D eigenvalue weighted by Crippen LogP contribution is -2.06. The molecular weight excluding hydrogens is 274 g/mol. The molecule has 0 saturated heterocycles. The predicted octanol–water partition coefficient (Wildman–Crippen LogP) is 3.75. The molecule has 0 N–H and O–H groups in total. The first-order valence-electron chi connectivity index (χ1n) is 5.21. The van der Waals surface area contributed by atoms with E-state index < -0.39 is 0 Å². The second-order valence-electron chi connectivity index (χ2n) is 3.62. The van der Waals surface area contributed by atoms with Gasteiger partial charge in [-0.05, 0) is 55.6 Å². The molecule has 3 nitrogen and oxygen atoms in total. The molecule has 1 aromatic heterocycles. The summed E-state index contributed by atoms with van der Waals surface area (Å²) in [6.07, 6.45) is 0. The summed E-state index contributed by atoms with van der Waals surface area (Å²) < 4.78 is 7.07. The molecule has 0 fully saturated rings. The quantitative estimate of drug-likeness (QED) is 0.781. The maximum absolute atomic E-state index is 5.87. The van der Waals surface area contributed by atoms with Gasteiger partial charge in [-0.3, -0.25) is 13.9 Å². The fraction of sp³-hybridized carbons (Fsp3) is 0.273. The van der Waals surface area contributed by atoms with Crippen molar-refractivity contribution >= 4 is 36.0 Å². The first-order valence-corrected chi connectivity index (χ1v) is 6.40. The molecule has 0 spiro atoms. The Hall–Kier alpha value is -0.910. The fourth-order valence-corrected chi connectivity index (χ4v) is 2.65. The van der Waals surface area contributed by atoms with Crippen LogP contribution in [-0.2, 0) is 13.6 Å². The molecule has 0 aliphatic carbocycles. The molecule has 0 aliphatic rings. The van der Waals surface area contributed by atoms with Crippen molar-refractivity contribution in [3.8, 4) is 5.69 Å². The summed E-state index contributed by atoms with van der Waals surface area (Å²) in [5, 5.41) is 0.700. The number of benzene rings is 1. The Bertz CT molecular complexity index is 649. The van der Waals surface area contributed by atoms with Crippen LogP contribution in [0, 0.1) is 9.54 Å². The molecule has 1 aromatic carbocycles. The molecule has 17 heavy (non-hydrogen) atoms. The van der Waals surface area contributed by atoms with Crippen molar-refractivity contribution in [2.75, 3.05) is 0 Å². The van der Waals surface area contributed by atoms with Crippen molar-refractivity contribution in [3.05, 3.63) is 38.8 Å². The van der Waals surface area contributed by atoms with E-state index in [1.807, 2.05) is 52.2 Å². The van der Waals surface area contributed by atoms with Crippen molar-refractivity contribution < 1.29 is 0 Å². The summed E-state index contributed by atoms with van der Waals surface area (Å²) in [7, 11) is 1.91. The number of halogens is 1. The molecule has 0 unspecified atom stereocenters. The Morgan fingerprint density at radius 1 is 1.12 bits per heavy atom. The SMILES string of the molecule is CCn1c(=S)n(-c2ccc(Cl)cc2)c(=S)n1C. The summed E-state index contributed by atoms with van der Waals surface area (Å²) in [5.41, 5.74) is 0.937. The third-order valence-electron chi connectivity index (χ3n) is 2.63. The molecule has 0 amide bonds. The van der Waals surface area contributed by atoms with Gasteiger partial charge in [0.2, 0.25) is 9.54 Å². The Morgan fingerprint density at radius 3 is 2.18 bits per heavy atom. The zero-order valence-corrected chi connectivity index (χ0v) is 11.9. The standard InChI is InChI=1S/C11H12ClN3S2/c1-3-14-11(17)15(10(16)13(14)2)9-6-4-8(12)5-7-9/h4-7H,3H2,1-2H3. The minimum absolute atomic E-state index is 0.680. The van der Waals surface area contributed by atoms with Crippen molar-refractivity contribution in [2.24, 2.45) is 7.05 Å². The van der Waals surface area contributed by atoms with Gasteiger partial charge in [-0.2, -0.15) is 0 Å². The Labute approximate surface area is 115 Å². The Morgan fingerprint density at radius 2 is 1.71 bits per heavy atom. The number of aromatic nitrogens is 3. The van der Waals surface area contributed by atoms with E-state index in [-0.39, 0.29) is 0 Å². The van der Waals surface area contributed by atoms with Gasteiger partial charge in [-0.15, -0.1) is 0 Å². The lowest BCUT2D eigenvalue weighted by Gasteiger charge is -2.01. The summed E-state index contributed by atoms with van der Waals surface area (Å²) in [6.45, 7) is 2.83. The second-order valence-corrected chi connectivity index (χ2v) is 4.78. The molecule has 0 radical (unpaired) electrons. The fourth-order valence-electron chi connectivity index (χ4n) is 1.73. The minimum atomic E-state index is 0.680. The Balaban J connectivity index is 2.73. The predicted molar refractivity (Wildman–Crippen MR) is 75.1 cm³/mol. The number of hydrogen-bond acceptors (Lipinski definition) is 2. The van der Waals surface area contributed by atoms with Gasteiger partial charge in [0.1, 0.15) is 0 Å². The van der Waals surface area contributed by atoms with Crippen LogP contribution >= 0.6 is 36.0 Å². The van der Waals surface area contributed by atoms with Crippen LogP contribution in [0.1, 0.15) is 6.92 Å². The smallest absolute Gasteiger partial charge is 0.201 e. The minimum Gasteiger partial charge on any atom is -0.261 e. The van der Waals surface area contributed by atoms with Crippen molar-refractivity contribution in [1.82, 2.24) is 13.9 Å². The summed E-state index contributed by atoms with van der Waals surface area (Å²) >= 11 is 16.7. The normalized spacial score (nSPS) is 10.8. The monoisotopic (exact) mass is 285 g/mol. The lowest BCUT2D eigenvalue weighted by atomic mass is 10.3. The van der Waals surface area contributed by atoms with Crippen LogP contribution in [0.25, 0.3) is 5.69 Å². The number of hydrogen-bond donors (Lipinski definition) is 0. The summed E-state index contributed by atoms with van der Waals surface area (Å²) in [5.74, 6) is 0. The highest BCUT2D eigenvalue weighted by atomic mass is 35.5. The van der Waals surface area contributed by atoms with E-state index in [9.17, 15) is 0 Å². The molecule has 0 saturated carbocycles. The van der Waals surface area contributed by atoms with E-state index in [4.69, 9.17) is 36.0 Å². The molecule has 2 rings (SSSR count). The van der Waals surface area contributed by atoms with Gasteiger partial charge in [-0.1, -0.05) is 11.6 Å². The molecule has 0 bridgehead atoms. The van der Waals surface area contributed by atoms with Gasteiger partial charge < -0.3 is 0 Å². The molecule has 0 atom stereocenters. The van der Waals surface area contributed by atoms with Crippen LogP contribution in [0.15, 0.2) is 24.3 Å². The third-order valence-corrected chi connectivity index (χ3v) is 3.72. The van der Waals surface area contributed by atoms with Gasteiger partial charge in [0.05, 0.1) is 5.69 Å².